The zero-order valence-corrected chi connectivity index (χ0v) is 19.8. The van der Waals surface area contributed by atoms with Crippen molar-refractivity contribution in [2.45, 2.75) is 22.7 Å². The maximum absolute atomic E-state index is 12.7. The fourth-order valence-corrected chi connectivity index (χ4v) is 5.25. The lowest BCUT2D eigenvalue weighted by atomic mass is 10.2. The Hall–Kier alpha value is -3.06. The van der Waals surface area contributed by atoms with Crippen molar-refractivity contribution in [2.75, 3.05) is 26.3 Å². The molecule has 1 aliphatic rings. The van der Waals surface area contributed by atoms with Gasteiger partial charge in [-0.25, -0.2) is 23.2 Å². The Balaban J connectivity index is 1.39. The van der Waals surface area contributed by atoms with Gasteiger partial charge in [-0.1, -0.05) is 11.8 Å². The molecular formula is C22H21N3O7S2. The summed E-state index contributed by atoms with van der Waals surface area (Å²) in [5, 5.41) is 0.553. The number of morpholine rings is 1. The second-order valence-electron chi connectivity index (χ2n) is 7.27. The number of carbonyl (C=O) groups excluding carboxylic acids is 1. The van der Waals surface area contributed by atoms with Crippen LogP contribution in [-0.2, 0) is 20.5 Å². The molecular weight excluding hydrogens is 482 g/mol. The molecule has 1 aromatic carbocycles. The van der Waals surface area contributed by atoms with E-state index in [4.69, 9.17) is 13.9 Å². The van der Waals surface area contributed by atoms with E-state index < -0.39 is 21.4 Å². The summed E-state index contributed by atoms with van der Waals surface area (Å²) in [4.78, 5) is 33.3. The van der Waals surface area contributed by atoms with Crippen molar-refractivity contribution in [1.29, 1.82) is 0 Å². The first kappa shape index (κ1) is 24.1. The summed E-state index contributed by atoms with van der Waals surface area (Å²) in [6.45, 7) is 3.07. The summed E-state index contributed by atoms with van der Waals surface area (Å²) in [5.41, 5.74) is 0.399. The van der Waals surface area contributed by atoms with Crippen LogP contribution in [-0.4, -0.2) is 55.0 Å². The lowest BCUT2D eigenvalue weighted by Crippen LogP contribution is -2.40. The molecule has 0 unspecified atom stereocenters. The van der Waals surface area contributed by atoms with Gasteiger partial charge in [-0.15, -0.1) is 0 Å². The Labute approximate surface area is 200 Å². The van der Waals surface area contributed by atoms with Crippen LogP contribution in [0.25, 0.3) is 0 Å². The fraction of sp³-hybridized carbons (Fsp3) is 0.273. The number of aryl methyl sites for hydroxylation is 1. The normalized spacial score (nSPS) is 14.6. The van der Waals surface area contributed by atoms with Gasteiger partial charge in [-0.2, -0.15) is 4.31 Å². The first-order valence-corrected chi connectivity index (χ1v) is 12.7. The predicted molar refractivity (Wildman–Crippen MR) is 122 cm³/mol. The number of esters is 1. The number of carbonyl (C=O) groups is 1. The summed E-state index contributed by atoms with van der Waals surface area (Å²) in [6.07, 6.45) is 2.72. The Morgan fingerprint density at radius 1 is 1.18 bits per heavy atom. The van der Waals surface area contributed by atoms with E-state index in [-0.39, 0.29) is 29.3 Å². The van der Waals surface area contributed by atoms with Gasteiger partial charge in [-0.05, 0) is 37.3 Å². The molecule has 0 atom stereocenters. The molecule has 0 saturated carbocycles. The molecule has 34 heavy (non-hydrogen) atoms. The van der Waals surface area contributed by atoms with Crippen molar-refractivity contribution in [3.05, 3.63) is 76.1 Å². The van der Waals surface area contributed by atoms with E-state index in [2.05, 4.69) is 9.97 Å². The van der Waals surface area contributed by atoms with Crippen LogP contribution in [0.4, 0.5) is 0 Å². The smallest absolute Gasteiger partial charge is 0.343 e. The Bertz CT molecular complexity index is 1340. The van der Waals surface area contributed by atoms with Gasteiger partial charge >= 0.3 is 5.97 Å². The highest BCUT2D eigenvalue weighted by molar-refractivity contribution is 7.98. The number of ether oxygens (including phenoxy) is 2. The second kappa shape index (κ2) is 10.5. The molecule has 1 saturated heterocycles. The quantitative estimate of drug-likeness (QED) is 0.269. The molecule has 0 radical (unpaired) electrons. The minimum Gasteiger partial charge on any atom is -0.464 e. The minimum atomic E-state index is -3.68. The number of thioether (sulfide) groups is 1. The van der Waals surface area contributed by atoms with E-state index in [1.165, 1.54) is 46.4 Å². The van der Waals surface area contributed by atoms with Gasteiger partial charge in [0.05, 0.1) is 29.4 Å². The van der Waals surface area contributed by atoms with Gasteiger partial charge in [-0.3, -0.25) is 4.79 Å². The van der Waals surface area contributed by atoms with Crippen molar-refractivity contribution in [2.24, 2.45) is 0 Å². The van der Waals surface area contributed by atoms with E-state index in [9.17, 15) is 18.0 Å². The van der Waals surface area contributed by atoms with Crippen LogP contribution < -0.4 is 10.2 Å². The van der Waals surface area contributed by atoms with Crippen LogP contribution in [0, 0.1) is 6.92 Å². The first-order valence-electron chi connectivity index (χ1n) is 10.3. The van der Waals surface area contributed by atoms with Crippen LogP contribution in [0.3, 0.4) is 0 Å². The number of benzene rings is 1. The number of hydrogen-bond donors (Lipinski definition) is 0. The molecule has 12 heteroatoms. The predicted octanol–water partition coefficient (Wildman–Crippen LogP) is 2.27. The highest BCUT2D eigenvalue weighted by Crippen LogP contribution is 2.21. The molecule has 0 amide bonds. The molecule has 1 aliphatic heterocycles. The molecule has 3 aromatic rings. The highest BCUT2D eigenvalue weighted by atomic mass is 32.2. The number of sulfonamides is 1. The fourth-order valence-electron chi connectivity index (χ4n) is 3.08. The third-order valence-corrected chi connectivity index (χ3v) is 7.67. The third kappa shape index (κ3) is 5.70. The highest BCUT2D eigenvalue weighted by Gasteiger charge is 2.26. The molecule has 4 rings (SSSR count). The maximum atomic E-state index is 12.7. The number of rotatable bonds is 7. The average molecular weight is 504 g/mol. The van der Waals surface area contributed by atoms with E-state index in [0.29, 0.717) is 29.9 Å². The van der Waals surface area contributed by atoms with E-state index >= 15 is 0 Å². The molecule has 0 aliphatic carbocycles. The van der Waals surface area contributed by atoms with E-state index in [0.717, 1.165) is 12.0 Å². The Kier molecular flexibility index (Phi) is 7.41. The van der Waals surface area contributed by atoms with Gasteiger partial charge in [0.1, 0.15) is 12.0 Å². The van der Waals surface area contributed by atoms with E-state index in [1.807, 2.05) is 6.92 Å². The van der Waals surface area contributed by atoms with Gasteiger partial charge in [0.2, 0.25) is 21.2 Å². The van der Waals surface area contributed by atoms with E-state index in [1.54, 1.807) is 12.3 Å². The number of hydrogen-bond acceptors (Lipinski definition) is 10. The van der Waals surface area contributed by atoms with Gasteiger partial charge in [0.15, 0.2) is 5.16 Å². The first-order chi connectivity index (χ1) is 16.3. The molecule has 10 nitrogen and oxygen atoms in total. The summed E-state index contributed by atoms with van der Waals surface area (Å²) < 4.78 is 42.5. The number of nitrogens with zero attached hydrogens (tertiary/aromatic N) is 3. The zero-order chi connectivity index (χ0) is 24.1. The van der Waals surface area contributed by atoms with Crippen LogP contribution in [0.2, 0.25) is 0 Å². The molecule has 3 heterocycles. The monoisotopic (exact) mass is 503 g/mol. The maximum Gasteiger partial charge on any atom is 0.343 e. The molecule has 0 bridgehead atoms. The average Bonchev–Trinajstić information content (AvgIpc) is 2.85. The van der Waals surface area contributed by atoms with Gasteiger partial charge in [0.25, 0.3) is 0 Å². The zero-order valence-electron chi connectivity index (χ0n) is 18.2. The third-order valence-electron chi connectivity index (χ3n) is 4.87. The van der Waals surface area contributed by atoms with Crippen molar-refractivity contribution >= 4 is 27.8 Å². The largest absolute Gasteiger partial charge is 0.464 e. The number of aromatic nitrogens is 2. The Morgan fingerprint density at radius 3 is 2.59 bits per heavy atom. The van der Waals surface area contributed by atoms with Gasteiger partial charge < -0.3 is 13.9 Å². The summed E-state index contributed by atoms with van der Waals surface area (Å²) >= 11 is 1.30. The lowest BCUT2D eigenvalue weighted by Gasteiger charge is -2.26. The SMILES string of the molecule is Cc1ccnc(SCc2cc(=O)c(OC(=O)c3ccc(S(=O)(=O)N4CCOCC4)cc3)co2)n1. The minimum absolute atomic E-state index is 0.0601. The van der Waals surface area contributed by atoms with Crippen LogP contribution in [0.1, 0.15) is 21.8 Å². The van der Waals surface area contributed by atoms with Crippen LogP contribution in [0.15, 0.2) is 68.1 Å². The molecule has 0 spiro atoms. The summed E-state index contributed by atoms with van der Waals surface area (Å²) in [7, 11) is -3.68. The van der Waals surface area contributed by atoms with Crippen molar-refractivity contribution < 1.29 is 27.1 Å². The summed E-state index contributed by atoms with van der Waals surface area (Å²) in [5.74, 6) is -0.377. The van der Waals surface area contributed by atoms with Crippen molar-refractivity contribution in [1.82, 2.24) is 14.3 Å². The summed E-state index contributed by atoms with van der Waals surface area (Å²) in [6, 6.07) is 8.36. The van der Waals surface area contributed by atoms with Crippen LogP contribution >= 0.6 is 11.8 Å². The molecule has 0 N–H and O–H groups in total. The molecule has 1 fully saturated rings. The molecule has 178 valence electrons. The standard InChI is InChI=1S/C22H21N3O7S2/c1-15-6-7-23-22(24-15)33-14-17-12-19(26)20(13-31-17)32-21(27)16-2-4-18(5-3-16)34(28,29)25-8-10-30-11-9-25/h2-7,12-13H,8-11,14H2,1H3. The van der Waals surface area contributed by atoms with Crippen LogP contribution in [0.5, 0.6) is 5.75 Å². The molecule has 2 aromatic heterocycles. The second-order valence-corrected chi connectivity index (χ2v) is 10.2. The topological polar surface area (TPSA) is 129 Å². The van der Waals surface area contributed by atoms with Gasteiger partial charge in [0, 0.05) is 31.0 Å². The Morgan fingerprint density at radius 2 is 1.91 bits per heavy atom. The lowest BCUT2D eigenvalue weighted by molar-refractivity contribution is 0.0728. The van der Waals surface area contributed by atoms with Crippen molar-refractivity contribution in [3.63, 3.8) is 0 Å². The van der Waals surface area contributed by atoms with Crippen molar-refractivity contribution in [3.8, 4) is 5.75 Å².